The van der Waals surface area contributed by atoms with E-state index >= 15 is 0 Å². The Bertz CT molecular complexity index is 856. The molecule has 0 fully saturated rings. The first kappa shape index (κ1) is 20.9. The van der Waals surface area contributed by atoms with Crippen LogP contribution in [0.5, 0.6) is 0 Å². The van der Waals surface area contributed by atoms with Crippen LogP contribution in [-0.4, -0.2) is 27.0 Å². The molecule has 0 saturated carbocycles. The molecule has 0 aliphatic heterocycles. The summed E-state index contributed by atoms with van der Waals surface area (Å²) in [6.45, 7) is 0. The minimum Gasteiger partial charge on any atom is -0.267 e. The number of alkyl halides is 6. The topological polar surface area (TPSA) is 44.0 Å². The maximum absolute atomic E-state index is 12.7. The standard InChI is InChI=1S/C12H8Cl6N2O2S2/c13-11(14,15)5-23-19-8-4-2-1-3-7(8)9(21)20(10(19)22)24-6-12(16,17)18/h1-4H,5-6H2. The van der Waals surface area contributed by atoms with E-state index in [1.807, 2.05) is 0 Å². The third-order valence-electron chi connectivity index (χ3n) is 2.60. The Morgan fingerprint density at radius 1 is 0.833 bits per heavy atom. The van der Waals surface area contributed by atoms with Gasteiger partial charge in [0, 0.05) is 0 Å². The van der Waals surface area contributed by atoms with Crippen LogP contribution in [0.3, 0.4) is 0 Å². The van der Waals surface area contributed by atoms with Gasteiger partial charge in [0.05, 0.1) is 22.4 Å². The van der Waals surface area contributed by atoms with Crippen LogP contribution in [-0.2, 0) is 0 Å². The molecule has 132 valence electrons. The quantitative estimate of drug-likeness (QED) is 0.574. The first-order chi connectivity index (χ1) is 11.0. The van der Waals surface area contributed by atoms with E-state index in [9.17, 15) is 9.59 Å². The highest BCUT2D eigenvalue weighted by atomic mass is 35.6. The first-order valence-corrected chi connectivity index (χ1v) is 10.3. The molecular weight excluding hydrogens is 481 g/mol. The highest BCUT2D eigenvalue weighted by molar-refractivity contribution is 7.98. The summed E-state index contributed by atoms with van der Waals surface area (Å²) < 4.78 is -0.964. The fraction of sp³-hybridized carbons (Fsp3) is 0.333. The summed E-state index contributed by atoms with van der Waals surface area (Å²) >= 11 is 36.1. The molecule has 0 N–H and O–H groups in total. The Balaban J connectivity index is 2.58. The van der Waals surface area contributed by atoms with Crippen molar-refractivity contribution < 1.29 is 0 Å². The van der Waals surface area contributed by atoms with E-state index in [1.54, 1.807) is 24.3 Å². The van der Waals surface area contributed by atoms with Crippen LogP contribution in [0.15, 0.2) is 33.9 Å². The summed E-state index contributed by atoms with van der Waals surface area (Å²) in [5.41, 5.74) is -0.699. The van der Waals surface area contributed by atoms with Crippen molar-refractivity contribution in [2.45, 2.75) is 7.59 Å². The maximum atomic E-state index is 12.7. The highest BCUT2D eigenvalue weighted by Crippen LogP contribution is 2.32. The summed E-state index contributed by atoms with van der Waals surface area (Å²) in [7, 11) is 0. The molecule has 0 amide bonds. The largest absolute Gasteiger partial charge is 0.352 e. The summed E-state index contributed by atoms with van der Waals surface area (Å²) in [4.78, 5) is 25.2. The molecule has 4 nitrogen and oxygen atoms in total. The van der Waals surface area contributed by atoms with Gasteiger partial charge >= 0.3 is 5.69 Å². The van der Waals surface area contributed by atoms with E-state index < -0.39 is 18.8 Å². The van der Waals surface area contributed by atoms with E-state index in [2.05, 4.69) is 0 Å². The third kappa shape index (κ3) is 5.55. The average molecular weight is 489 g/mol. The van der Waals surface area contributed by atoms with Gasteiger partial charge in [-0.15, -0.1) is 0 Å². The molecule has 0 unspecified atom stereocenters. The number of aromatic nitrogens is 2. The first-order valence-electron chi connectivity index (χ1n) is 6.16. The maximum Gasteiger partial charge on any atom is 0.352 e. The molecule has 0 aliphatic carbocycles. The normalized spacial score (nSPS) is 12.8. The number of hydrogen-bond acceptors (Lipinski definition) is 4. The lowest BCUT2D eigenvalue weighted by molar-refractivity contribution is 0.975. The van der Waals surface area contributed by atoms with E-state index in [1.165, 1.54) is 3.97 Å². The second kappa shape index (κ2) is 8.09. The van der Waals surface area contributed by atoms with Crippen molar-refractivity contribution >= 4 is 104 Å². The van der Waals surface area contributed by atoms with Gasteiger partial charge in [0.2, 0.25) is 7.59 Å². The zero-order chi connectivity index (χ0) is 18.1. The number of rotatable bonds is 4. The predicted octanol–water partition coefficient (Wildman–Crippen LogP) is 4.90. The minimum atomic E-state index is -1.61. The number of fused-ring (bicyclic) bond motifs is 1. The summed E-state index contributed by atoms with van der Waals surface area (Å²) in [6, 6.07) is 6.61. The van der Waals surface area contributed by atoms with Gasteiger partial charge < -0.3 is 0 Å². The number of benzene rings is 1. The highest BCUT2D eigenvalue weighted by Gasteiger charge is 2.24. The zero-order valence-electron chi connectivity index (χ0n) is 11.5. The van der Waals surface area contributed by atoms with Crippen LogP contribution in [0.1, 0.15) is 0 Å². The van der Waals surface area contributed by atoms with Crippen LogP contribution >= 0.6 is 93.5 Å². The molecule has 24 heavy (non-hydrogen) atoms. The molecule has 1 heterocycles. The van der Waals surface area contributed by atoms with Gasteiger partial charge in [0.1, 0.15) is 0 Å². The lowest BCUT2D eigenvalue weighted by Crippen LogP contribution is -2.36. The van der Waals surface area contributed by atoms with E-state index in [0.717, 1.165) is 27.9 Å². The van der Waals surface area contributed by atoms with Crippen LogP contribution < -0.4 is 11.2 Å². The van der Waals surface area contributed by atoms with Crippen molar-refractivity contribution in [3.05, 3.63) is 45.1 Å². The van der Waals surface area contributed by atoms with Crippen molar-refractivity contribution in [2.24, 2.45) is 0 Å². The number of nitrogens with zero attached hydrogens (tertiary/aromatic N) is 2. The lowest BCUT2D eigenvalue weighted by atomic mass is 10.2. The summed E-state index contributed by atoms with van der Waals surface area (Å²) in [6.07, 6.45) is 0. The Morgan fingerprint density at radius 2 is 1.33 bits per heavy atom. The van der Waals surface area contributed by atoms with Crippen LogP contribution in [0.4, 0.5) is 0 Å². The van der Waals surface area contributed by atoms with E-state index in [0.29, 0.717) is 10.9 Å². The third-order valence-corrected chi connectivity index (χ3v) is 6.67. The van der Waals surface area contributed by atoms with Gasteiger partial charge in [0.25, 0.3) is 5.56 Å². The van der Waals surface area contributed by atoms with Crippen molar-refractivity contribution in [2.75, 3.05) is 11.5 Å². The van der Waals surface area contributed by atoms with Crippen molar-refractivity contribution in [1.29, 1.82) is 0 Å². The monoisotopic (exact) mass is 486 g/mol. The molecule has 0 radical (unpaired) electrons. The van der Waals surface area contributed by atoms with Crippen molar-refractivity contribution in [3.63, 3.8) is 0 Å². The number of hydrogen-bond donors (Lipinski definition) is 0. The molecule has 1 aromatic carbocycles. The van der Waals surface area contributed by atoms with Gasteiger partial charge in [-0.1, -0.05) is 81.7 Å². The fourth-order valence-corrected chi connectivity index (χ4v) is 4.11. The number of para-hydroxylation sites is 1. The second-order valence-corrected chi connectivity index (χ2v) is 11.3. The molecule has 0 aliphatic rings. The van der Waals surface area contributed by atoms with E-state index in [4.69, 9.17) is 69.6 Å². The van der Waals surface area contributed by atoms with Gasteiger partial charge in [0.15, 0.2) is 0 Å². The van der Waals surface area contributed by atoms with Crippen molar-refractivity contribution in [1.82, 2.24) is 7.94 Å². The van der Waals surface area contributed by atoms with Gasteiger partial charge in [-0.05, 0) is 36.0 Å². The Labute approximate surface area is 175 Å². The molecule has 12 heteroatoms. The molecule has 2 rings (SSSR count). The predicted molar refractivity (Wildman–Crippen MR) is 109 cm³/mol. The van der Waals surface area contributed by atoms with Crippen LogP contribution in [0, 0.1) is 0 Å². The Morgan fingerprint density at radius 3 is 1.88 bits per heavy atom. The summed E-state index contributed by atoms with van der Waals surface area (Å²) in [5, 5.41) is 0.325. The molecule has 1 aromatic heterocycles. The molecule has 0 spiro atoms. The molecule has 0 saturated heterocycles. The average Bonchev–Trinajstić information content (AvgIpc) is 2.44. The van der Waals surface area contributed by atoms with Crippen LogP contribution in [0.2, 0.25) is 0 Å². The molecule has 0 bridgehead atoms. The van der Waals surface area contributed by atoms with E-state index in [-0.39, 0.29) is 11.5 Å². The minimum absolute atomic E-state index is 0.00882. The zero-order valence-corrected chi connectivity index (χ0v) is 17.7. The lowest BCUT2D eigenvalue weighted by Gasteiger charge is -2.16. The Hall–Kier alpha value is 0.600. The van der Waals surface area contributed by atoms with Gasteiger partial charge in [-0.2, -0.15) is 3.97 Å². The molecule has 0 atom stereocenters. The Kier molecular flexibility index (Phi) is 7.05. The number of halogens is 6. The molecular formula is C12H8Cl6N2O2S2. The van der Waals surface area contributed by atoms with Gasteiger partial charge in [-0.25, -0.2) is 8.77 Å². The SMILES string of the molecule is O=c1c2ccccc2n(SCC(Cl)(Cl)Cl)c(=O)n1SCC(Cl)(Cl)Cl. The van der Waals surface area contributed by atoms with Gasteiger partial charge in [-0.3, -0.25) is 4.79 Å². The summed E-state index contributed by atoms with van der Waals surface area (Å²) in [5.74, 6) is -0.0742. The molecule has 2 aromatic rings. The second-order valence-electron chi connectivity index (χ2n) is 4.47. The van der Waals surface area contributed by atoms with Crippen LogP contribution in [0.25, 0.3) is 10.9 Å². The fourth-order valence-electron chi connectivity index (χ4n) is 1.73. The smallest absolute Gasteiger partial charge is 0.267 e. The van der Waals surface area contributed by atoms with Crippen molar-refractivity contribution in [3.8, 4) is 0 Å².